The molecule has 1 aliphatic carbocycles. The summed E-state index contributed by atoms with van der Waals surface area (Å²) in [6.07, 6.45) is 0.420. The van der Waals surface area contributed by atoms with Gasteiger partial charge in [0.05, 0.1) is 0 Å². The summed E-state index contributed by atoms with van der Waals surface area (Å²) < 4.78 is 0. The Kier molecular flexibility index (Phi) is 5.76. The second kappa shape index (κ2) is 9.61. The van der Waals surface area contributed by atoms with Crippen LogP contribution in [-0.2, 0) is 31.1 Å². The number of fused-ring (bicyclic) bond motifs is 3. The van der Waals surface area contributed by atoms with Crippen molar-refractivity contribution in [2.24, 2.45) is 15.7 Å². The Morgan fingerprint density at radius 2 is 0.955 bits per heavy atom. The first-order chi connectivity index (χ1) is 21.7. The summed E-state index contributed by atoms with van der Waals surface area (Å²) in [4.78, 5) is 29.9. The van der Waals surface area contributed by atoms with E-state index in [4.69, 9.17) is 20.0 Å². The van der Waals surface area contributed by atoms with Crippen molar-refractivity contribution in [2.45, 2.75) is 30.0 Å². The average Bonchev–Trinajstić information content (AvgIpc) is 3.70. The Bertz CT molecular complexity index is 1910. The van der Waals surface area contributed by atoms with Gasteiger partial charge in [-0.2, -0.15) is 0 Å². The molecule has 4 atom stereocenters. The summed E-state index contributed by atoms with van der Waals surface area (Å²) >= 11 is 0. The molecular formula is C39H30N2O3. The summed E-state index contributed by atoms with van der Waals surface area (Å²) in [6.45, 7) is 2.06. The SMILES string of the molecule is CCC12C(=O)C3(c4ccccc4)ON=C(c4ccccc4)C3(c3ccccc3)C1(c1ccccc1)ON=C2c1ccccc1. The van der Waals surface area contributed by atoms with Crippen LogP contribution in [0.2, 0.25) is 0 Å². The molecule has 2 heterocycles. The standard InChI is InChI=1S/C39H30N2O3/c1-2-36-33(28-18-8-3-9-19-28)40-44-39(36,32-26-16-7-17-27-32)37(30-22-12-5-13-23-30)34(29-20-10-4-11-21-29)41-43-38(37,35(36)42)31-24-14-6-15-25-31/h3-27H,2H2,1H3. The van der Waals surface area contributed by atoms with E-state index >= 15 is 4.79 Å². The van der Waals surface area contributed by atoms with E-state index in [1.54, 1.807) is 0 Å². The smallest absolute Gasteiger partial charge is 0.240 e. The van der Waals surface area contributed by atoms with Crippen LogP contribution >= 0.6 is 0 Å². The van der Waals surface area contributed by atoms with Gasteiger partial charge in [-0.3, -0.25) is 4.79 Å². The van der Waals surface area contributed by atoms with E-state index in [2.05, 4.69) is 19.1 Å². The van der Waals surface area contributed by atoms with Crippen molar-refractivity contribution in [3.63, 3.8) is 0 Å². The fourth-order valence-electron chi connectivity index (χ4n) is 8.27. The molecule has 5 aromatic carbocycles. The number of oxime groups is 2. The first-order valence-electron chi connectivity index (χ1n) is 15.0. The summed E-state index contributed by atoms with van der Waals surface area (Å²) in [7, 11) is 0. The van der Waals surface area contributed by atoms with Crippen molar-refractivity contribution in [2.75, 3.05) is 0 Å². The number of carbonyl (C=O) groups excluding carboxylic acids is 1. The molecule has 8 rings (SSSR count). The number of carbonyl (C=O) groups is 1. The van der Waals surface area contributed by atoms with Crippen LogP contribution in [0.3, 0.4) is 0 Å². The molecular weight excluding hydrogens is 544 g/mol. The highest BCUT2D eigenvalue weighted by Crippen LogP contribution is 2.76. The quantitative estimate of drug-likeness (QED) is 0.210. The second-order valence-electron chi connectivity index (χ2n) is 11.6. The summed E-state index contributed by atoms with van der Waals surface area (Å²) in [5, 5.41) is 9.80. The minimum atomic E-state index is -1.58. The number of ketones is 1. The lowest BCUT2D eigenvalue weighted by Gasteiger charge is -2.48. The van der Waals surface area contributed by atoms with Crippen LogP contribution in [0.4, 0.5) is 0 Å². The van der Waals surface area contributed by atoms with Gasteiger partial charge in [0.2, 0.25) is 17.0 Å². The third kappa shape index (κ3) is 2.92. The highest BCUT2D eigenvalue weighted by Gasteiger charge is 2.93. The number of nitrogens with zero attached hydrogens (tertiary/aromatic N) is 2. The molecule has 1 saturated carbocycles. The third-order valence-electron chi connectivity index (χ3n) is 9.86. The van der Waals surface area contributed by atoms with E-state index in [1.807, 2.05) is 140 Å². The number of benzene rings is 5. The molecule has 44 heavy (non-hydrogen) atoms. The van der Waals surface area contributed by atoms with Gasteiger partial charge in [-0.05, 0) is 12.0 Å². The number of Topliss-reactive ketones (excluding diaryl/α,β-unsaturated/α-hetero) is 1. The number of hydrogen-bond donors (Lipinski definition) is 0. The maximum Gasteiger partial charge on any atom is 0.240 e. The lowest BCUT2D eigenvalue weighted by molar-refractivity contribution is -0.147. The maximum absolute atomic E-state index is 16.1. The first-order valence-corrected chi connectivity index (χ1v) is 15.0. The van der Waals surface area contributed by atoms with Gasteiger partial charge >= 0.3 is 0 Å². The topological polar surface area (TPSA) is 60.2 Å². The van der Waals surface area contributed by atoms with E-state index in [1.165, 1.54) is 0 Å². The zero-order valence-electron chi connectivity index (χ0n) is 24.3. The molecule has 4 unspecified atom stereocenters. The van der Waals surface area contributed by atoms with Gasteiger partial charge in [0.25, 0.3) is 0 Å². The van der Waals surface area contributed by atoms with Crippen LogP contribution in [-0.4, -0.2) is 17.2 Å². The fourth-order valence-corrected chi connectivity index (χ4v) is 8.27. The van der Waals surface area contributed by atoms with Gasteiger partial charge in [0.15, 0.2) is 0 Å². The van der Waals surface area contributed by atoms with Crippen molar-refractivity contribution in [1.82, 2.24) is 0 Å². The van der Waals surface area contributed by atoms with E-state index < -0.39 is 22.0 Å². The molecule has 0 saturated heterocycles. The normalized spacial score (nSPS) is 28.3. The van der Waals surface area contributed by atoms with Gasteiger partial charge in [-0.15, -0.1) is 0 Å². The predicted molar refractivity (Wildman–Crippen MR) is 170 cm³/mol. The first kappa shape index (κ1) is 26.3. The second-order valence-corrected chi connectivity index (χ2v) is 11.6. The Morgan fingerprint density at radius 1 is 0.523 bits per heavy atom. The van der Waals surface area contributed by atoms with Gasteiger partial charge < -0.3 is 9.68 Å². The molecule has 3 aliphatic rings. The van der Waals surface area contributed by atoms with E-state index in [-0.39, 0.29) is 5.78 Å². The molecule has 5 nitrogen and oxygen atoms in total. The third-order valence-corrected chi connectivity index (χ3v) is 9.86. The highest BCUT2D eigenvalue weighted by atomic mass is 16.7. The zero-order chi connectivity index (χ0) is 29.8. The maximum atomic E-state index is 16.1. The van der Waals surface area contributed by atoms with Crippen LogP contribution in [0.25, 0.3) is 0 Å². The summed E-state index contributed by atoms with van der Waals surface area (Å²) in [5.74, 6) is -0.124. The molecule has 0 spiro atoms. The fraction of sp³-hybridized carbons (Fsp3) is 0.154. The van der Waals surface area contributed by atoms with E-state index in [9.17, 15) is 0 Å². The molecule has 5 aromatic rings. The zero-order valence-corrected chi connectivity index (χ0v) is 24.3. The molecule has 214 valence electrons. The van der Waals surface area contributed by atoms with Crippen molar-refractivity contribution < 1.29 is 14.5 Å². The van der Waals surface area contributed by atoms with Crippen molar-refractivity contribution >= 4 is 17.2 Å². The average molecular weight is 575 g/mol. The molecule has 0 aromatic heterocycles. The molecule has 0 radical (unpaired) electrons. The molecule has 2 aliphatic heterocycles. The lowest BCUT2D eigenvalue weighted by Crippen LogP contribution is -2.62. The molecule has 0 N–H and O–H groups in total. The Balaban J connectivity index is 1.61. The van der Waals surface area contributed by atoms with Crippen LogP contribution in [0, 0.1) is 5.41 Å². The lowest BCUT2D eigenvalue weighted by atomic mass is 9.52. The summed E-state index contributed by atoms with van der Waals surface area (Å²) in [5.41, 5.74) is -0.167. The minimum Gasteiger partial charge on any atom is -0.381 e. The van der Waals surface area contributed by atoms with Gasteiger partial charge in [-0.1, -0.05) is 169 Å². The van der Waals surface area contributed by atoms with Crippen LogP contribution in [0.1, 0.15) is 41.2 Å². The largest absolute Gasteiger partial charge is 0.381 e. The number of hydrogen-bond acceptors (Lipinski definition) is 5. The van der Waals surface area contributed by atoms with Crippen LogP contribution in [0.15, 0.2) is 162 Å². The van der Waals surface area contributed by atoms with Gasteiger partial charge in [0, 0.05) is 22.3 Å². The minimum absolute atomic E-state index is 0.124. The Hall–Kier alpha value is -5.29. The number of rotatable bonds is 6. The van der Waals surface area contributed by atoms with Crippen LogP contribution < -0.4 is 0 Å². The van der Waals surface area contributed by atoms with E-state index in [0.717, 1.165) is 27.8 Å². The molecule has 0 bridgehead atoms. The van der Waals surface area contributed by atoms with Crippen molar-refractivity contribution in [1.29, 1.82) is 0 Å². The van der Waals surface area contributed by atoms with Gasteiger partial charge in [0.1, 0.15) is 22.3 Å². The van der Waals surface area contributed by atoms with Crippen molar-refractivity contribution in [3.05, 3.63) is 179 Å². The molecule has 5 heteroatoms. The monoisotopic (exact) mass is 574 g/mol. The van der Waals surface area contributed by atoms with Gasteiger partial charge in [-0.25, -0.2) is 0 Å². The predicted octanol–water partition coefficient (Wildman–Crippen LogP) is 7.56. The molecule has 1 fully saturated rings. The Morgan fingerprint density at radius 3 is 1.48 bits per heavy atom. The van der Waals surface area contributed by atoms with Crippen molar-refractivity contribution in [3.8, 4) is 0 Å². The Labute approximate surface area is 256 Å². The molecule has 0 amide bonds. The highest BCUT2D eigenvalue weighted by molar-refractivity contribution is 6.29. The summed E-state index contributed by atoms with van der Waals surface area (Å²) in [6, 6.07) is 49.9. The van der Waals surface area contributed by atoms with Crippen LogP contribution in [0.5, 0.6) is 0 Å². The van der Waals surface area contributed by atoms with E-state index in [0.29, 0.717) is 17.8 Å².